The van der Waals surface area contributed by atoms with Gasteiger partial charge in [-0.15, -0.1) is 0 Å². The molecule has 4 rings (SSSR count). The van der Waals surface area contributed by atoms with Crippen molar-refractivity contribution in [3.8, 4) is 23.0 Å². The summed E-state index contributed by atoms with van der Waals surface area (Å²) in [6.45, 7) is 1.79. The Balaban J connectivity index is 1.38. The van der Waals surface area contributed by atoms with Crippen LogP contribution in [0.2, 0.25) is 5.02 Å². The molecule has 2 aliphatic rings. The smallest absolute Gasteiger partial charge is 0.267 e. The molecule has 31 heavy (non-hydrogen) atoms. The lowest BCUT2D eigenvalue weighted by atomic mass is 10.1. The van der Waals surface area contributed by atoms with Crippen LogP contribution in [0.5, 0.6) is 23.0 Å². The van der Waals surface area contributed by atoms with Crippen LogP contribution < -0.4 is 18.9 Å². The fourth-order valence-electron chi connectivity index (χ4n) is 3.70. The summed E-state index contributed by atoms with van der Waals surface area (Å²) in [4.78, 5) is 29.2. The number of ether oxygens (including phenoxy) is 4. The van der Waals surface area contributed by atoms with E-state index in [1.807, 2.05) is 12.1 Å². The summed E-state index contributed by atoms with van der Waals surface area (Å²) in [7, 11) is 2.98. The highest BCUT2D eigenvalue weighted by molar-refractivity contribution is 6.32. The average molecular weight is 447 g/mol. The second-order valence-corrected chi connectivity index (χ2v) is 7.58. The standard InChI is InChI=1S/C22H23ClN2O6/c1-28-18-12-14(11-15(23)20(18)29-2)21(26)24-7-9-25(10-8-24)22(27)19-13-30-16-5-3-4-6-17(16)31-19/h3-6,11-12,19H,7-10,13H2,1-2H3/t19-/m1/s1. The van der Waals surface area contributed by atoms with E-state index in [1.165, 1.54) is 14.2 Å². The number of carbonyl (C=O) groups is 2. The second kappa shape index (κ2) is 8.93. The number of benzene rings is 2. The third-order valence-electron chi connectivity index (χ3n) is 5.34. The molecule has 0 unspecified atom stereocenters. The van der Waals surface area contributed by atoms with E-state index in [1.54, 1.807) is 34.1 Å². The van der Waals surface area contributed by atoms with Gasteiger partial charge in [0.05, 0.1) is 19.2 Å². The van der Waals surface area contributed by atoms with E-state index in [0.717, 1.165) is 0 Å². The number of halogens is 1. The molecule has 0 spiro atoms. The average Bonchev–Trinajstić information content (AvgIpc) is 2.82. The van der Waals surface area contributed by atoms with Gasteiger partial charge in [-0.25, -0.2) is 0 Å². The van der Waals surface area contributed by atoms with Crippen LogP contribution in [0.4, 0.5) is 0 Å². The minimum atomic E-state index is -0.693. The minimum absolute atomic E-state index is 0.143. The highest BCUT2D eigenvalue weighted by Gasteiger charge is 2.33. The third kappa shape index (κ3) is 4.20. The summed E-state index contributed by atoms with van der Waals surface area (Å²) >= 11 is 6.23. The number of carbonyl (C=O) groups excluding carboxylic acids is 2. The third-order valence-corrected chi connectivity index (χ3v) is 5.62. The zero-order chi connectivity index (χ0) is 22.0. The summed E-state index contributed by atoms with van der Waals surface area (Å²) in [5.41, 5.74) is 0.406. The van der Waals surface area contributed by atoms with Gasteiger partial charge in [-0.3, -0.25) is 9.59 Å². The summed E-state index contributed by atoms with van der Waals surface area (Å²) < 4.78 is 22.0. The van der Waals surface area contributed by atoms with E-state index in [4.69, 9.17) is 30.5 Å². The van der Waals surface area contributed by atoms with Crippen molar-refractivity contribution >= 4 is 23.4 Å². The molecule has 2 amide bonds. The molecule has 2 aromatic carbocycles. The van der Waals surface area contributed by atoms with Crippen molar-refractivity contribution in [1.29, 1.82) is 0 Å². The van der Waals surface area contributed by atoms with Crippen molar-refractivity contribution in [3.63, 3.8) is 0 Å². The topological polar surface area (TPSA) is 77.5 Å². The van der Waals surface area contributed by atoms with Crippen molar-refractivity contribution in [3.05, 3.63) is 47.0 Å². The van der Waals surface area contributed by atoms with Crippen molar-refractivity contribution in [2.24, 2.45) is 0 Å². The number of amides is 2. The molecule has 0 radical (unpaired) electrons. The molecule has 164 valence electrons. The molecule has 2 aliphatic heterocycles. The van der Waals surface area contributed by atoms with Crippen LogP contribution in [-0.2, 0) is 4.79 Å². The monoisotopic (exact) mass is 446 g/mol. The molecule has 1 fully saturated rings. The molecule has 0 aliphatic carbocycles. The molecule has 0 N–H and O–H groups in total. The summed E-state index contributed by atoms with van der Waals surface area (Å²) in [5, 5.41) is 0.300. The van der Waals surface area contributed by atoms with Crippen LogP contribution in [0.3, 0.4) is 0 Å². The molecule has 0 aromatic heterocycles. The lowest BCUT2D eigenvalue weighted by Gasteiger charge is -2.37. The Morgan fingerprint density at radius 1 is 1.00 bits per heavy atom. The number of rotatable bonds is 4. The Kier molecular flexibility index (Phi) is 6.08. The number of hydrogen-bond acceptors (Lipinski definition) is 6. The van der Waals surface area contributed by atoms with Gasteiger partial charge in [-0.05, 0) is 24.3 Å². The van der Waals surface area contributed by atoms with Crippen LogP contribution in [-0.4, -0.2) is 74.7 Å². The zero-order valence-corrected chi connectivity index (χ0v) is 18.1. The van der Waals surface area contributed by atoms with E-state index < -0.39 is 6.10 Å². The van der Waals surface area contributed by atoms with E-state index >= 15 is 0 Å². The first-order valence-corrected chi connectivity index (χ1v) is 10.3. The Morgan fingerprint density at radius 2 is 1.68 bits per heavy atom. The van der Waals surface area contributed by atoms with E-state index in [2.05, 4.69) is 0 Å². The van der Waals surface area contributed by atoms with E-state index in [9.17, 15) is 9.59 Å². The number of piperazine rings is 1. The first-order valence-electron chi connectivity index (χ1n) is 9.90. The summed E-state index contributed by atoms with van der Waals surface area (Å²) in [6, 6.07) is 10.4. The number of methoxy groups -OCH3 is 2. The molecule has 9 heteroatoms. The Labute approximate surface area is 185 Å². The van der Waals surface area contributed by atoms with Crippen LogP contribution in [0.25, 0.3) is 0 Å². The quantitative estimate of drug-likeness (QED) is 0.718. The van der Waals surface area contributed by atoms with E-state index in [0.29, 0.717) is 59.8 Å². The highest BCUT2D eigenvalue weighted by atomic mass is 35.5. The van der Waals surface area contributed by atoms with Gasteiger partial charge in [0.15, 0.2) is 23.0 Å². The minimum Gasteiger partial charge on any atom is -0.493 e. The second-order valence-electron chi connectivity index (χ2n) is 7.18. The lowest BCUT2D eigenvalue weighted by molar-refractivity contribution is -0.142. The number of nitrogens with zero attached hydrogens (tertiary/aromatic N) is 2. The maximum atomic E-state index is 13.0. The molecule has 2 heterocycles. The SMILES string of the molecule is COc1cc(C(=O)N2CCN(C(=O)[C@H]3COc4ccccc4O3)CC2)cc(Cl)c1OC. The van der Waals surface area contributed by atoms with Gasteiger partial charge in [-0.2, -0.15) is 0 Å². The molecular weight excluding hydrogens is 424 g/mol. The maximum absolute atomic E-state index is 13.0. The van der Waals surface area contributed by atoms with Crippen LogP contribution in [0.15, 0.2) is 36.4 Å². The summed E-state index contributed by atoms with van der Waals surface area (Å²) in [6.07, 6.45) is -0.693. The number of fused-ring (bicyclic) bond motifs is 1. The molecule has 2 aromatic rings. The predicted molar refractivity (Wildman–Crippen MR) is 113 cm³/mol. The lowest BCUT2D eigenvalue weighted by Crippen LogP contribution is -2.55. The van der Waals surface area contributed by atoms with Crippen LogP contribution >= 0.6 is 11.6 Å². The van der Waals surface area contributed by atoms with Gasteiger partial charge in [0, 0.05) is 31.7 Å². The number of hydrogen-bond donors (Lipinski definition) is 0. The van der Waals surface area contributed by atoms with Gasteiger partial charge < -0.3 is 28.7 Å². The summed E-state index contributed by atoms with van der Waals surface area (Å²) in [5.74, 6) is 1.65. The van der Waals surface area contributed by atoms with Crippen LogP contribution in [0.1, 0.15) is 10.4 Å². The fourth-order valence-corrected chi connectivity index (χ4v) is 3.99. The Hall–Kier alpha value is -3.13. The van der Waals surface area contributed by atoms with E-state index in [-0.39, 0.29) is 18.4 Å². The zero-order valence-electron chi connectivity index (χ0n) is 17.3. The Morgan fingerprint density at radius 3 is 2.35 bits per heavy atom. The molecule has 1 atom stereocenters. The fraction of sp³-hybridized carbons (Fsp3) is 0.364. The van der Waals surface area contributed by atoms with Gasteiger partial charge in [0.1, 0.15) is 6.61 Å². The first-order chi connectivity index (χ1) is 15.0. The van der Waals surface area contributed by atoms with Gasteiger partial charge in [-0.1, -0.05) is 23.7 Å². The van der Waals surface area contributed by atoms with Crippen molar-refractivity contribution in [1.82, 2.24) is 9.80 Å². The molecule has 1 saturated heterocycles. The maximum Gasteiger partial charge on any atom is 0.267 e. The first kappa shape index (κ1) is 21.1. The van der Waals surface area contributed by atoms with Crippen LogP contribution in [0, 0.1) is 0 Å². The molecule has 8 nitrogen and oxygen atoms in total. The predicted octanol–water partition coefficient (Wildman–Crippen LogP) is 2.48. The number of para-hydroxylation sites is 2. The van der Waals surface area contributed by atoms with Gasteiger partial charge in [0.25, 0.3) is 11.8 Å². The normalized spacial score (nSPS) is 17.8. The van der Waals surface area contributed by atoms with Gasteiger partial charge >= 0.3 is 0 Å². The molecular formula is C22H23ClN2O6. The van der Waals surface area contributed by atoms with Crippen molar-refractivity contribution in [2.75, 3.05) is 47.0 Å². The Bertz CT molecular complexity index is 990. The molecule has 0 bridgehead atoms. The van der Waals surface area contributed by atoms with Crippen molar-refractivity contribution in [2.45, 2.75) is 6.10 Å². The van der Waals surface area contributed by atoms with Gasteiger partial charge in [0.2, 0.25) is 6.10 Å². The largest absolute Gasteiger partial charge is 0.493 e. The molecule has 0 saturated carbocycles. The van der Waals surface area contributed by atoms with Crippen molar-refractivity contribution < 1.29 is 28.5 Å². The highest BCUT2D eigenvalue weighted by Crippen LogP contribution is 2.36.